The van der Waals surface area contributed by atoms with Crippen LogP contribution in [0.2, 0.25) is 5.02 Å². The second-order valence-corrected chi connectivity index (χ2v) is 5.29. The number of nitrogens with one attached hydrogen (secondary N) is 1. The van der Waals surface area contributed by atoms with Crippen molar-refractivity contribution in [2.45, 2.75) is 6.92 Å². The molecule has 0 aliphatic rings. The predicted octanol–water partition coefficient (Wildman–Crippen LogP) is 3.35. The Morgan fingerprint density at radius 2 is 1.96 bits per heavy atom. The van der Waals surface area contributed by atoms with Crippen molar-refractivity contribution >= 4 is 34.9 Å². The highest BCUT2D eigenvalue weighted by Crippen LogP contribution is 2.27. The largest absolute Gasteiger partial charge is 0.452 e. The van der Waals surface area contributed by atoms with Crippen LogP contribution in [0.5, 0.6) is 0 Å². The van der Waals surface area contributed by atoms with Crippen molar-refractivity contribution in [2.24, 2.45) is 0 Å². The monoisotopic (exact) mass is 348 g/mol. The van der Waals surface area contributed by atoms with Gasteiger partial charge in [0.15, 0.2) is 6.61 Å². The minimum atomic E-state index is -0.706. The molecule has 2 rings (SSSR count). The molecule has 2 aromatic rings. The van der Waals surface area contributed by atoms with Gasteiger partial charge in [-0.2, -0.15) is 0 Å². The molecule has 24 heavy (non-hydrogen) atoms. The Kier molecular flexibility index (Phi) is 5.49. The first-order valence-corrected chi connectivity index (χ1v) is 7.23. The molecule has 1 N–H and O–H groups in total. The Bertz CT molecular complexity index is 807. The molecule has 7 nitrogen and oxygen atoms in total. The lowest BCUT2D eigenvalue weighted by Gasteiger charge is -2.08. The van der Waals surface area contributed by atoms with Crippen LogP contribution < -0.4 is 5.32 Å². The molecule has 0 atom stereocenters. The maximum Gasteiger partial charge on any atom is 0.338 e. The van der Waals surface area contributed by atoms with Gasteiger partial charge in [-0.15, -0.1) is 0 Å². The van der Waals surface area contributed by atoms with Crippen LogP contribution >= 0.6 is 11.6 Å². The summed E-state index contributed by atoms with van der Waals surface area (Å²) in [7, 11) is 0. The zero-order chi connectivity index (χ0) is 17.7. The fourth-order valence-corrected chi connectivity index (χ4v) is 2.14. The summed E-state index contributed by atoms with van der Waals surface area (Å²) in [4.78, 5) is 34.1. The summed E-state index contributed by atoms with van der Waals surface area (Å²) in [5.74, 6) is -1.36. The number of amides is 1. The number of carbonyl (C=O) groups excluding carboxylic acids is 2. The number of hydrogen-bond acceptors (Lipinski definition) is 5. The molecule has 0 aliphatic carbocycles. The molecule has 0 unspecified atom stereocenters. The van der Waals surface area contributed by atoms with Gasteiger partial charge in [0, 0.05) is 11.1 Å². The van der Waals surface area contributed by atoms with E-state index < -0.39 is 23.4 Å². The van der Waals surface area contributed by atoms with Crippen molar-refractivity contribution in [1.29, 1.82) is 0 Å². The highest BCUT2D eigenvalue weighted by atomic mass is 35.5. The molecule has 0 saturated carbocycles. The van der Waals surface area contributed by atoms with Gasteiger partial charge in [-0.05, 0) is 30.7 Å². The first-order chi connectivity index (χ1) is 11.4. The van der Waals surface area contributed by atoms with Crippen LogP contribution in [0.15, 0.2) is 42.5 Å². The predicted molar refractivity (Wildman–Crippen MR) is 88.2 cm³/mol. The standard InChI is InChI=1S/C16H13ClN2O5/c1-10-4-2-3-5-12(10)16(21)24-9-15(20)18-13-8-11(17)6-7-14(13)19(22)23/h2-8H,9H2,1H3,(H,18,20). The molecular formula is C16H13ClN2O5. The first kappa shape index (κ1) is 17.4. The molecule has 0 aromatic heterocycles. The van der Waals surface area contributed by atoms with E-state index in [2.05, 4.69) is 5.32 Å². The number of nitro groups is 1. The van der Waals surface area contributed by atoms with Gasteiger partial charge in [0.1, 0.15) is 5.69 Å². The zero-order valence-corrected chi connectivity index (χ0v) is 13.4. The van der Waals surface area contributed by atoms with Crippen LogP contribution in [0.3, 0.4) is 0 Å². The number of hydrogen-bond donors (Lipinski definition) is 1. The Hall–Kier alpha value is -2.93. The first-order valence-electron chi connectivity index (χ1n) is 6.85. The maximum atomic E-state index is 11.9. The van der Waals surface area contributed by atoms with Crippen LogP contribution in [-0.4, -0.2) is 23.4 Å². The Labute approximate surface area is 142 Å². The van der Waals surface area contributed by atoms with Gasteiger partial charge in [-0.1, -0.05) is 29.8 Å². The van der Waals surface area contributed by atoms with Gasteiger partial charge in [-0.3, -0.25) is 14.9 Å². The van der Waals surface area contributed by atoms with E-state index in [1.165, 1.54) is 18.2 Å². The van der Waals surface area contributed by atoms with Gasteiger partial charge in [0.25, 0.3) is 11.6 Å². The Morgan fingerprint density at radius 1 is 1.25 bits per heavy atom. The molecule has 2 aromatic carbocycles. The third-order valence-electron chi connectivity index (χ3n) is 3.13. The van der Waals surface area contributed by atoms with Gasteiger partial charge in [-0.25, -0.2) is 4.79 Å². The van der Waals surface area contributed by atoms with Crippen molar-refractivity contribution in [3.05, 3.63) is 68.7 Å². The second-order valence-electron chi connectivity index (χ2n) is 4.86. The van der Waals surface area contributed by atoms with Gasteiger partial charge >= 0.3 is 5.97 Å². The number of carbonyl (C=O) groups is 2. The normalized spacial score (nSPS) is 10.1. The minimum Gasteiger partial charge on any atom is -0.452 e. The summed E-state index contributed by atoms with van der Waals surface area (Å²) in [6.07, 6.45) is 0. The van der Waals surface area contributed by atoms with Crippen LogP contribution in [-0.2, 0) is 9.53 Å². The lowest BCUT2D eigenvalue weighted by Crippen LogP contribution is -2.21. The SMILES string of the molecule is Cc1ccccc1C(=O)OCC(=O)Nc1cc(Cl)ccc1[N+](=O)[O-]. The number of halogens is 1. The molecular weight excluding hydrogens is 336 g/mol. The smallest absolute Gasteiger partial charge is 0.338 e. The minimum absolute atomic E-state index is 0.0653. The number of nitrogens with zero attached hydrogens (tertiary/aromatic N) is 1. The second kappa shape index (κ2) is 7.56. The molecule has 0 spiro atoms. The number of esters is 1. The molecule has 0 saturated heterocycles. The highest BCUT2D eigenvalue weighted by Gasteiger charge is 2.18. The van der Waals surface area contributed by atoms with Gasteiger partial charge in [0.2, 0.25) is 0 Å². The fourth-order valence-electron chi connectivity index (χ4n) is 1.96. The summed E-state index contributed by atoms with van der Waals surface area (Å²) < 4.78 is 4.92. The quantitative estimate of drug-likeness (QED) is 0.507. The van der Waals surface area contributed by atoms with Crippen LogP contribution in [0.25, 0.3) is 0 Å². The van der Waals surface area contributed by atoms with Crippen LogP contribution in [0, 0.1) is 17.0 Å². The third-order valence-corrected chi connectivity index (χ3v) is 3.36. The molecule has 8 heteroatoms. The number of aryl methyl sites for hydroxylation is 1. The molecule has 0 bridgehead atoms. The highest BCUT2D eigenvalue weighted by molar-refractivity contribution is 6.31. The van der Waals surface area contributed by atoms with Crippen LogP contribution in [0.4, 0.5) is 11.4 Å². The average Bonchev–Trinajstić information content (AvgIpc) is 2.53. The molecule has 0 fully saturated rings. The molecule has 0 aliphatic heterocycles. The van der Waals surface area contributed by atoms with Crippen molar-refractivity contribution in [1.82, 2.24) is 0 Å². The van der Waals surface area contributed by atoms with Crippen LogP contribution in [0.1, 0.15) is 15.9 Å². The van der Waals surface area contributed by atoms with Gasteiger partial charge < -0.3 is 10.1 Å². The Morgan fingerprint density at radius 3 is 2.62 bits per heavy atom. The topological polar surface area (TPSA) is 98.5 Å². The summed E-state index contributed by atoms with van der Waals surface area (Å²) >= 11 is 5.77. The summed E-state index contributed by atoms with van der Waals surface area (Å²) in [5.41, 5.74) is 0.690. The van der Waals surface area contributed by atoms with E-state index in [1.54, 1.807) is 31.2 Å². The summed E-state index contributed by atoms with van der Waals surface area (Å²) in [5, 5.41) is 13.5. The van der Waals surface area contributed by atoms with Gasteiger partial charge in [0.05, 0.1) is 10.5 Å². The van der Waals surface area contributed by atoms with E-state index in [-0.39, 0.29) is 16.4 Å². The Balaban J connectivity index is 2.02. The van der Waals surface area contributed by atoms with Crippen molar-refractivity contribution < 1.29 is 19.2 Å². The molecule has 0 heterocycles. The molecule has 1 amide bonds. The number of benzene rings is 2. The lowest BCUT2D eigenvalue weighted by molar-refractivity contribution is -0.383. The molecule has 0 radical (unpaired) electrons. The number of anilines is 1. The average molecular weight is 349 g/mol. The van der Waals surface area contributed by atoms with Crippen molar-refractivity contribution in [2.75, 3.05) is 11.9 Å². The van der Waals surface area contributed by atoms with E-state index in [9.17, 15) is 19.7 Å². The third kappa shape index (κ3) is 4.30. The molecule has 124 valence electrons. The van der Waals surface area contributed by atoms with E-state index in [4.69, 9.17) is 16.3 Å². The van der Waals surface area contributed by atoms with E-state index >= 15 is 0 Å². The lowest BCUT2D eigenvalue weighted by atomic mass is 10.1. The summed E-state index contributed by atoms with van der Waals surface area (Å²) in [6, 6.07) is 10.5. The summed E-state index contributed by atoms with van der Waals surface area (Å²) in [6.45, 7) is 1.17. The van der Waals surface area contributed by atoms with E-state index in [0.29, 0.717) is 11.1 Å². The number of ether oxygens (including phenoxy) is 1. The van der Waals surface area contributed by atoms with Crippen molar-refractivity contribution in [3.8, 4) is 0 Å². The fraction of sp³-hybridized carbons (Fsp3) is 0.125. The van der Waals surface area contributed by atoms with E-state index in [1.807, 2.05) is 0 Å². The zero-order valence-electron chi connectivity index (χ0n) is 12.6. The van der Waals surface area contributed by atoms with E-state index in [0.717, 1.165) is 0 Å². The number of rotatable bonds is 5. The number of nitro benzene ring substituents is 1. The maximum absolute atomic E-state index is 11.9. The van der Waals surface area contributed by atoms with Crippen molar-refractivity contribution in [3.63, 3.8) is 0 Å².